The molecule has 1 amide bonds. The lowest BCUT2D eigenvalue weighted by Gasteiger charge is -2.02. The molecular weight excluding hydrogens is 128 g/mol. The van der Waals surface area contributed by atoms with Crippen LogP contribution < -0.4 is 5.32 Å². The molecule has 0 spiro atoms. The molecule has 0 fully saturated rings. The predicted octanol–water partition coefficient (Wildman–Crippen LogP) is 0.672. The van der Waals surface area contributed by atoms with E-state index in [4.69, 9.17) is 5.26 Å². The summed E-state index contributed by atoms with van der Waals surface area (Å²) in [5.74, 6) is 0.0274. The fourth-order valence-corrected chi connectivity index (χ4v) is 0.514. The Morgan fingerprint density at radius 2 is 2.30 bits per heavy atom. The lowest BCUT2D eigenvalue weighted by atomic mass is 10.1. The van der Waals surface area contributed by atoms with Gasteiger partial charge in [0.25, 0.3) is 0 Å². The molecule has 0 saturated heterocycles. The first-order chi connectivity index (χ1) is 4.66. The second-order valence-corrected chi connectivity index (χ2v) is 2.55. The van der Waals surface area contributed by atoms with Gasteiger partial charge in [0.15, 0.2) is 6.07 Å². The highest BCUT2D eigenvalue weighted by molar-refractivity contribution is 5.91. The molecule has 0 radical (unpaired) electrons. The van der Waals surface area contributed by atoms with Crippen LogP contribution in [0.25, 0.3) is 0 Å². The van der Waals surface area contributed by atoms with Crippen LogP contribution >= 0.6 is 0 Å². The summed E-state index contributed by atoms with van der Waals surface area (Å²) < 4.78 is 0. The van der Waals surface area contributed by atoms with E-state index in [2.05, 4.69) is 19.2 Å². The van der Waals surface area contributed by atoms with E-state index in [0.29, 0.717) is 12.5 Å². The summed E-state index contributed by atoms with van der Waals surface area (Å²) in [6.45, 7) is 4.74. The van der Waals surface area contributed by atoms with E-state index in [9.17, 15) is 4.79 Å². The Morgan fingerprint density at radius 3 is 2.70 bits per heavy atom. The molecule has 56 valence electrons. The standard InChI is InChI=1S/C7H12N2O/c1-6(2)3-4-9-7(10)5-8/h6H,3-4H2,1-2H3,(H,9,10). The Morgan fingerprint density at radius 1 is 1.70 bits per heavy atom. The number of nitrogens with zero attached hydrogens (tertiary/aromatic N) is 1. The summed E-state index contributed by atoms with van der Waals surface area (Å²) in [6, 6.07) is 1.49. The van der Waals surface area contributed by atoms with E-state index in [0.717, 1.165) is 6.42 Å². The second kappa shape index (κ2) is 4.80. The molecule has 0 atom stereocenters. The van der Waals surface area contributed by atoms with Gasteiger partial charge in [-0.1, -0.05) is 13.8 Å². The van der Waals surface area contributed by atoms with Gasteiger partial charge in [-0.05, 0) is 12.3 Å². The number of hydrogen-bond acceptors (Lipinski definition) is 2. The third-order valence-electron chi connectivity index (χ3n) is 1.11. The number of carbonyl (C=O) groups excluding carboxylic acids is 1. The molecule has 0 bridgehead atoms. The van der Waals surface area contributed by atoms with Crippen LogP contribution in [-0.2, 0) is 4.79 Å². The topological polar surface area (TPSA) is 52.9 Å². The first-order valence-corrected chi connectivity index (χ1v) is 3.34. The Labute approximate surface area is 61.0 Å². The van der Waals surface area contributed by atoms with Crippen LogP contribution in [0.5, 0.6) is 0 Å². The third kappa shape index (κ3) is 5.10. The van der Waals surface area contributed by atoms with Crippen molar-refractivity contribution < 1.29 is 4.79 Å². The molecule has 0 rings (SSSR count). The Kier molecular flexibility index (Phi) is 4.30. The molecular formula is C7H12N2O. The minimum atomic E-state index is -0.541. The van der Waals surface area contributed by atoms with E-state index < -0.39 is 5.91 Å². The van der Waals surface area contributed by atoms with Crippen molar-refractivity contribution in [2.24, 2.45) is 5.92 Å². The van der Waals surface area contributed by atoms with Gasteiger partial charge in [-0.25, -0.2) is 0 Å². The van der Waals surface area contributed by atoms with Crippen molar-refractivity contribution in [3.63, 3.8) is 0 Å². The normalized spacial score (nSPS) is 9.00. The summed E-state index contributed by atoms with van der Waals surface area (Å²) >= 11 is 0. The van der Waals surface area contributed by atoms with Gasteiger partial charge in [0.2, 0.25) is 0 Å². The van der Waals surface area contributed by atoms with E-state index >= 15 is 0 Å². The molecule has 3 heteroatoms. The molecule has 0 aromatic rings. The minimum absolute atomic E-state index is 0.541. The zero-order valence-electron chi connectivity index (χ0n) is 6.35. The first kappa shape index (κ1) is 8.96. The SMILES string of the molecule is CC(C)CCNC(=O)C#N. The van der Waals surface area contributed by atoms with Crippen LogP contribution in [0, 0.1) is 17.2 Å². The van der Waals surface area contributed by atoms with Crippen molar-refractivity contribution >= 4 is 5.91 Å². The molecule has 0 heterocycles. The van der Waals surface area contributed by atoms with E-state index in [-0.39, 0.29) is 0 Å². The van der Waals surface area contributed by atoms with Crippen molar-refractivity contribution in [3.05, 3.63) is 0 Å². The average molecular weight is 140 g/mol. The summed E-state index contributed by atoms with van der Waals surface area (Å²) in [5, 5.41) is 10.5. The van der Waals surface area contributed by atoms with Gasteiger partial charge in [0.1, 0.15) is 0 Å². The monoisotopic (exact) mass is 140 g/mol. The second-order valence-electron chi connectivity index (χ2n) is 2.55. The van der Waals surface area contributed by atoms with Gasteiger partial charge in [-0.2, -0.15) is 5.26 Å². The minimum Gasteiger partial charge on any atom is -0.344 e. The Balaban J connectivity index is 3.22. The van der Waals surface area contributed by atoms with Gasteiger partial charge in [-0.15, -0.1) is 0 Å². The highest BCUT2D eigenvalue weighted by Crippen LogP contribution is 1.95. The fourth-order valence-electron chi connectivity index (χ4n) is 0.514. The van der Waals surface area contributed by atoms with Crippen molar-refractivity contribution in [2.45, 2.75) is 20.3 Å². The van der Waals surface area contributed by atoms with Crippen LogP contribution in [0.3, 0.4) is 0 Å². The zero-order chi connectivity index (χ0) is 7.98. The molecule has 1 N–H and O–H groups in total. The number of carbonyl (C=O) groups is 1. The average Bonchev–Trinajstić information content (AvgIpc) is 1.87. The lowest BCUT2D eigenvalue weighted by Crippen LogP contribution is -2.23. The Bertz CT molecular complexity index is 146. The molecule has 0 saturated carbocycles. The van der Waals surface area contributed by atoms with Gasteiger partial charge in [-0.3, -0.25) is 4.79 Å². The fraction of sp³-hybridized carbons (Fsp3) is 0.714. The quantitative estimate of drug-likeness (QED) is 0.586. The predicted molar refractivity (Wildman–Crippen MR) is 38.1 cm³/mol. The maximum Gasteiger partial charge on any atom is 0.322 e. The smallest absolute Gasteiger partial charge is 0.322 e. The largest absolute Gasteiger partial charge is 0.344 e. The molecule has 0 aromatic heterocycles. The van der Waals surface area contributed by atoms with Gasteiger partial charge in [0, 0.05) is 6.54 Å². The van der Waals surface area contributed by atoms with E-state index in [1.54, 1.807) is 0 Å². The van der Waals surface area contributed by atoms with Crippen molar-refractivity contribution in [1.82, 2.24) is 5.32 Å². The van der Waals surface area contributed by atoms with Crippen LogP contribution in [0.15, 0.2) is 0 Å². The van der Waals surface area contributed by atoms with Gasteiger partial charge in [0.05, 0.1) is 0 Å². The van der Waals surface area contributed by atoms with E-state index in [1.165, 1.54) is 6.07 Å². The summed E-state index contributed by atoms with van der Waals surface area (Å²) in [5.41, 5.74) is 0. The molecule has 0 aliphatic carbocycles. The molecule has 3 nitrogen and oxygen atoms in total. The van der Waals surface area contributed by atoms with Crippen LogP contribution in [0.2, 0.25) is 0 Å². The molecule has 0 aromatic carbocycles. The number of hydrogen-bond donors (Lipinski definition) is 1. The van der Waals surface area contributed by atoms with Crippen molar-refractivity contribution in [1.29, 1.82) is 5.26 Å². The number of nitriles is 1. The van der Waals surface area contributed by atoms with Gasteiger partial charge < -0.3 is 5.32 Å². The zero-order valence-corrected chi connectivity index (χ0v) is 6.35. The number of amides is 1. The van der Waals surface area contributed by atoms with E-state index in [1.807, 2.05) is 0 Å². The van der Waals surface area contributed by atoms with Crippen LogP contribution in [-0.4, -0.2) is 12.5 Å². The highest BCUT2D eigenvalue weighted by atomic mass is 16.1. The van der Waals surface area contributed by atoms with Crippen LogP contribution in [0.4, 0.5) is 0 Å². The maximum absolute atomic E-state index is 10.3. The summed E-state index contributed by atoms with van der Waals surface area (Å²) in [6.07, 6.45) is 0.924. The maximum atomic E-state index is 10.3. The first-order valence-electron chi connectivity index (χ1n) is 3.34. The third-order valence-corrected chi connectivity index (χ3v) is 1.11. The van der Waals surface area contributed by atoms with Crippen molar-refractivity contribution in [2.75, 3.05) is 6.54 Å². The molecule has 0 unspecified atom stereocenters. The number of rotatable bonds is 3. The molecule has 0 aliphatic rings. The van der Waals surface area contributed by atoms with Gasteiger partial charge >= 0.3 is 5.91 Å². The highest BCUT2D eigenvalue weighted by Gasteiger charge is 1.96. The lowest BCUT2D eigenvalue weighted by molar-refractivity contribution is -0.115. The van der Waals surface area contributed by atoms with Crippen LogP contribution in [0.1, 0.15) is 20.3 Å². The molecule has 0 aliphatic heterocycles. The summed E-state index contributed by atoms with van der Waals surface area (Å²) in [7, 11) is 0. The number of nitrogens with one attached hydrogen (secondary N) is 1. The summed E-state index contributed by atoms with van der Waals surface area (Å²) in [4.78, 5) is 10.3. The Hall–Kier alpha value is -1.04. The molecule has 10 heavy (non-hydrogen) atoms. The van der Waals surface area contributed by atoms with Crippen molar-refractivity contribution in [3.8, 4) is 6.07 Å².